The highest BCUT2D eigenvalue weighted by Gasteiger charge is 2.18. The van der Waals surface area contributed by atoms with E-state index in [9.17, 15) is 9.59 Å². The van der Waals surface area contributed by atoms with E-state index in [1.807, 2.05) is 24.3 Å². The van der Waals surface area contributed by atoms with E-state index >= 15 is 0 Å². The molecule has 0 unspecified atom stereocenters. The SMILES string of the molecule is CCc1ccc(NC(=O)[C@@H](C)Sc2nnc(-c3ccccc3N)c(=O)[nH]2)cc1. The summed E-state index contributed by atoms with van der Waals surface area (Å²) >= 11 is 1.13. The molecule has 0 spiro atoms. The molecule has 0 aliphatic heterocycles. The van der Waals surface area contributed by atoms with Crippen LogP contribution >= 0.6 is 11.8 Å². The van der Waals surface area contributed by atoms with E-state index in [2.05, 4.69) is 27.4 Å². The van der Waals surface area contributed by atoms with Gasteiger partial charge in [0.25, 0.3) is 5.56 Å². The Labute approximate surface area is 166 Å². The number of aryl methyl sites for hydroxylation is 1. The molecule has 1 amide bonds. The molecule has 0 saturated heterocycles. The van der Waals surface area contributed by atoms with E-state index in [1.165, 1.54) is 5.56 Å². The average Bonchev–Trinajstić information content (AvgIpc) is 2.69. The zero-order valence-corrected chi connectivity index (χ0v) is 16.4. The number of H-pyrrole nitrogens is 1. The quantitative estimate of drug-likeness (QED) is 0.436. The average molecular weight is 395 g/mol. The van der Waals surface area contributed by atoms with Gasteiger partial charge in [-0.05, 0) is 37.1 Å². The molecule has 28 heavy (non-hydrogen) atoms. The van der Waals surface area contributed by atoms with Gasteiger partial charge in [0.1, 0.15) is 0 Å². The smallest absolute Gasteiger partial charge is 0.278 e. The molecule has 4 N–H and O–H groups in total. The summed E-state index contributed by atoms with van der Waals surface area (Å²) in [6.07, 6.45) is 0.942. The van der Waals surface area contributed by atoms with Crippen molar-refractivity contribution >= 4 is 29.0 Å². The van der Waals surface area contributed by atoms with Crippen LogP contribution in [0.5, 0.6) is 0 Å². The molecule has 1 atom stereocenters. The van der Waals surface area contributed by atoms with E-state index < -0.39 is 10.8 Å². The van der Waals surface area contributed by atoms with Crippen LogP contribution in [0.15, 0.2) is 58.5 Å². The first kappa shape index (κ1) is 19.6. The summed E-state index contributed by atoms with van der Waals surface area (Å²) in [4.78, 5) is 27.4. The summed E-state index contributed by atoms with van der Waals surface area (Å²) in [5.41, 5.74) is 8.54. The Morgan fingerprint density at radius 1 is 1.18 bits per heavy atom. The number of para-hydroxylation sites is 1. The van der Waals surface area contributed by atoms with Crippen molar-refractivity contribution in [2.24, 2.45) is 0 Å². The van der Waals surface area contributed by atoms with Crippen molar-refractivity contribution in [2.75, 3.05) is 11.1 Å². The molecule has 144 valence electrons. The zero-order valence-electron chi connectivity index (χ0n) is 15.6. The van der Waals surface area contributed by atoms with Gasteiger partial charge in [-0.1, -0.05) is 49.0 Å². The summed E-state index contributed by atoms with van der Waals surface area (Å²) in [6.45, 7) is 3.81. The molecule has 0 aliphatic carbocycles. The van der Waals surface area contributed by atoms with Gasteiger partial charge < -0.3 is 11.1 Å². The van der Waals surface area contributed by atoms with Crippen molar-refractivity contribution in [3.05, 3.63) is 64.4 Å². The van der Waals surface area contributed by atoms with Gasteiger partial charge >= 0.3 is 0 Å². The Morgan fingerprint density at radius 2 is 1.89 bits per heavy atom. The Morgan fingerprint density at radius 3 is 2.54 bits per heavy atom. The minimum atomic E-state index is -0.469. The van der Waals surface area contributed by atoms with E-state index in [-0.39, 0.29) is 16.8 Å². The van der Waals surface area contributed by atoms with Crippen molar-refractivity contribution in [1.82, 2.24) is 15.2 Å². The highest BCUT2D eigenvalue weighted by atomic mass is 32.2. The Hall–Kier alpha value is -3.13. The van der Waals surface area contributed by atoms with Gasteiger partial charge in [-0.3, -0.25) is 14.6 Å². The number of carbonyl (C=O) groups excluding carboxylic acids is 1. The van der Waals surface area contributed by atoms with Gasteiger partial charge in [0, 0.05) is 16.9 Å². The maximum absolute atomic E-state index is 12.4. The number of benzene rings is 2. The van der Waals surface area contributed by atoms with Crippen LogP contribution in [-0.4, -0.2) is 26.3 Å². The number of carbonyl (C=O) groups is 1. The van der Waals surface area contributed by atoms with Crippen molar-refractivity contribution < 1.29 is 4.79 Å². The minimum absolute atomic E-state index is 0.149. The summed E-state index contributed by atoms with van der Waals surface area (Å²) in [5.74, 6) is -0.187. The van der Waals surface area contributed by atoms with Crippen LogP contribution < -0.4 is 16.6 Å². The summed E-state index contributed by atoms with van der Waals surface area (Å²) in [6, 6.07) is 14.6. The molecule has 0 fully saturated rings. The standard InChI is InChI=1S/C20H21N5O2S/c1-3-13-8-10-14(11-9-13)22-18(26)12(2)28-20-23-19(27)17(24-25-20)15-6-4-5-7-16(15)21/h4-12H,3,21H2,1-2H3,(H,22,26)(H,23,25,27)/t12-/m1/s1. The number of amides is 1. The van der Waals surface area contributed by atoms with Gasteiger partial charge in [0.2, 0.25) is 5.91 Å². The third-order valence-corrected chi connectivity index (χ3v) is 5.15. The molecule has 0 bridgehead atoms. The first-order valence-corrected chi connectivity index (χ1v) is 9.74. The lowest BCUT2D eigenvalue weighted by Crippen LogP contribution is -2.23. The lowest BCUT2D eigenvalue weighted by molar-refractivity contribution is -0.115. The van der Waals surface area contributed by atoms with Crippen LogP contribution in [0.4, 0.5) is 11.4 Å². The number of hydrogen-bond donors (Lipinski definition) is 3. The highest BCUT2D eigenvalue weighted by molar-refractivity contribution is 8.00. The molecular weight excluding hydrogens is 374 g/mol. The highest BCUT2D eigenvalue weighted by Crippen LogP contribution is 2.23. The van der Waals surface area contributed by atoms with Crippen LogP contribution in [0.2, 0.25) is 0 Å². The number of anilines is 2. The molecule has 0 saturated carbocycles. The van der Waals surface area contributed by atoms with Crippen LogP contribution in [0.25, 0.3) is 11.3 Å². The molecule has 0 radical (unpaired) electrons. The first-order valence-electron chi connectivity index (χ1n) is 8.86. The number of thioether (sulfide) groups is 1. The van der Waals surface area contributed by atoms with Gasteiger partial charge in [-0.25, -0.2) is 0 Å². The molecular formula is C20H21N5O2S. The van der Waals surface area contributed by atoms with Crippen LogP contribution in [-0.2, 0) is 11.2 Å². The van der Waals surface area contributed by atoms with E-state index in [1.54, 1.807) is 31.2 Å². The number of rotatable bonds is 6. The Bertz CT molecular complexity index is 1030. The normalized spacial score (nSPS) is 11.8. The Kier molecular flexibility index (Phi) is 6.10. The number of nitrogens with one attached hydrogen (secondary N) is 2. The molecule has 8 heteroatoms. The first-order chi connectivity index (χ1) is 13.5. The minimum Gasteiger partial charge on any atom is -0.398 e. The summed E-state index contributed by atoms with van der Waals surface area (Å²) in [7, 11) is 0. The third kappa shape index (κ3) is 4.58. The largest absolute Gasteiger partial charge is 0.398 e. The molecule has 1 heterocycles. The van der Waals surface area contributed by atoms with Crippen molar-refractivity contribution in [2.45, 2.75) is 30.7 Å². The molecule has 0 aliphatic rings. The fraction of sp³-hybridized carbons (Fsp3) is 0.200. The molecule has 1 aromatic heterocycles. The number of nitrogen functional groups attached to an aromatic ring is 1. The lowest BCUT2D eigenvalue weighted by atomic mass is 10.1. The lowest BCUT2D eigenvalue weighted by Gasteiger charge is -2.11. The van der Waals surface area contributed by atoms with E-state index in [0.29, 0.717) is 11.3 Å². The fourth-order valence-corrected chi connectivity index (χ4v) is 3.29. The second kappa shape index (κ2) is 8.71. The Balaban J connectivity index is 1.69. The third-order valence-electron chi connectivity index (χ3n) is 4.18. The predicted octanol–water partition coefficient (Wildman–Crippen LogP) is 3.10. The van der Waals surface area contributed by atoms with Crippen LogP contribution in [0.3, 0.4) is 0 Å². The van der Waals surface area contributed by atoms with Gasteiger partial charge in [0.15, 0.2) is 10.9 Å². The monoisotopic (exact) mass is 395 g/mol. The predicted molar refractivity (Wildman–Crippen MR) is 112 cm³/mol. The number of nitrogens with two attached hydrogens (primary N) is 1. The maximum atomic E-state index is 12.4. The number of aromatic amines is 1. The number of nitrogens with zero attached hydrogens (tertiary/aromatic N) is 2. The van der Waals surface area contributed by atoms with Crippen LogP contribution in [0, 0.1) is 0 Å². The van der Waals surface area contributed by atoms with Crippen LogP contribution in [0.1, 0.15) is 19.4 Å². The van der Waals surface area contributed by atoms with Gasteiger partial charge in [-0.2, -0.15) is 0 Å². The number of aromatic nitrogens is 3. The zero-order chi connectivity index (χ0) is 20.1. The topological polar surface area (TPSA) is 114 Å². The van der Waals surface area contributed by atoms with Gasteiger partial charge in [0.05, 0.1) is 5.25 Å². The molecule has 3 aromatic rings. The fourth-order valence-electron chi connectivity index (χ4n) is 2.55. The molecule has 3 rings (SSSR count). The van der Waals surface area contributed by atoms with Gasteiger partial charge in [-0.15, -0.1) is 10.2 Å². The molecule has 7 nitrogen and oxygen atoms in total. The van der Waals surface area contributed by atoms with Crippen molar-refractivity contribution in [1.29, 1.82) is 0 Å². The van der Waals surface area contributed by atoms with E-state index in [4.69, 9.17) is 5.73 Å². The maximum Gasteiger partial charge on any atom is 0.278 e. The van der Waals surface area contributed by atoms with E-state index in [0.717, 1.165) is 23.9 Å². The molecule has 2 aromatic carbocycles. The second-order valence-corrected chi connectivity index (χ2v) is 7.52. The van der Waals surface area contributed by atoms with Crippen molar-refractivity contribution in [3.63, 3.8) is 0 Å². The summed E-state index contributed by atoms with van der Waals surface area (Å²) < 4.78 is 0. The number of hydrogen-bond acceptors (Lipinski definition) is 6. The summed E-state index contributed by atoms with van der Waals surface area (Å²) in [5, 5.41) is 10.7. The second-order valence-electron chi connectivity index (χ2n) is 6.19. The van der Waals surface area contributed by atoms with Crippen molar-refractivity contribution in [3.8, 4) is 11.3 Å².